The summed E-state index contributed by atoms with van der Waals surface area (Å²) < 4.78 is 0. The van der Waals surface area contributed by atoms with Gasteiger partial charge in [-0.2, -0.15) is 0 Å². The van der Waals surface area contributed by atoms with E-state index in [0.29, 0.717) is 5.91 Å². The van der Waals surface area contributed by atoms with E-state index in [-0.39, 0.29) is 18.0 Å². The number of likely N-dealkylation sites (tertiary alicyclic amines) is 1. The lowest BCUT2D eigenvalue weighted by molar-refractivity contribution is -0.140. The Balaban J connectivity index is 1.83. The summed E-state index contributed by atoms with van der Waals surface area (Å²) in [5, 5.41) is 0. The number of benzene rings is 1. The lowest BCUT2D eigenvalue weighted by Crippen LogP contribution is -2.44. The second-order valence-corrected chi connectivity index (χ2v) is 7.46. The van der Waals surface area contributed by atoms with Gasteiger partial charge in [-0.05, 0) is 69.1 Å². The van der Waals surface area contributed by atoms with Crippen LogP contribution < -0.4 is 5.73 Å². The average molecular weight is 314 g/mol. The third-order valence-corrected chi connectivity index (χ3v) is 5.86. The smallest absolute Gasteiger partial charge is 0.226 e. The first-order valence-corrected chi connectivity index (χ1v) is 9.20. The van der Waals surface area contributed by atoms with Crippen LogP contribution in [0.15, 0.2) is 18.2 Å². The molecule has 3 rings (SSSR count). The number of nitrogens with two attached hydrogens (primary N) is 1. The maximum absolute atomic E-state index is 13.1. The second-order valence-electron chi connectivity index (χ2n) is 7.46. The first-order valence-electron chi connectivity index (χ1n) is 9.20. The minimum absolute atomic E-state index is 0.143. The fourth-order valence-electron chi connectivity index (χ4n) is 4.34. The summed E-state index contributed by atoms with van der Waals surface area (Å²) in [5.74, 6) is 0.496. The van der Waals surface area contributed by atoms with Gasteiger partial charge in [0.05, 0.1) is 6.04 Å². The summed E-state index contributed by atoms with van der Waals surface area (Å²) in [5.41, 5.74) is 10.1. The molecule has 1 amide bonds. The lowest BCUT2D eigenvalue weighted by Gasteiger charge is -2.40. The van der Waals surface area contributed by atoms with Crippen LogP contribution in [0.2, 0.25) is 0 Å². The number of aryl methyl sites for hydroxylation is 1. The van der Waals surface area contributed by atoms with E-state index < -0.39 is 0 Å². The summed E-state index contributed by atoms with van der Waals surface area (Å²) >= 11 is 0. The maximum atomic E-state index is 13.1. The molecule has 3 unspecified atom stereocenters. The van der Waals surface area contributed by atoms with E-state index in [1.54, 1.807) is 0 Å². The number of amides is 1. The molecule has 126 valence electrons. The van der Waals surface area contributed by atoms with Gasteiger partial charge in [-0.15, -0.1) is 0 Å². The Kier molecular flexibility index (Phi) is 5.05. The molecule has 0 aromatic heterocycles. The molecule has 3 heteroatoms. The van der Waals surface area contributed by atoms with Gasteiger partial charge in [-0.25, -0.2) is 0 Å². The summed E-state index contributed by atoms with van der Waals surface area (Å²) in [4.78, 5) is 15.3. The van der Waals surface area contributed by atoms with E-state index in [1.165, 1.54) is 23.1 Å². The Hall–Kier alpha value is -1.35. The summed E-state index contributed by atoms with van der Waals surface area (Å²) in [6.45, 7) is 5.26. The van der Waals surface area contributed by atoms with Crippen molar-refractivity contribution in [1.29, 1.82) is 0 Å². The summed E-state index contributed by atoms with van der Waals surface area (Å²) in [6.07, 6.45) is 7.49. The van der Waals surface area contributed by atoms with Crippen LogP contribution in [0.5, 0.6) is 0 Å². The predicted octanol–water partition coefficient (Wildman–Crippen LogP) is 3.87. The Morgan fingerprint density at radius 1 is 1.13 bits per heavy atom. The molecular formula is C20H30N2O. The Morgan fingerprint density at radius 2 is 1.96 bits per heavy atom. The van der Waals surface area contributed by atoms with Crippen molar-refractivity contribution in [3.05, 3.63) is 34.9 Å². The van der Waals surface area contributed by atoms with Gasteiger partial charge in [0.15, 0.2) is 0 Å². The van der Waals surface area contributed by atoms with Crippen LogP contribution in [0, 0.1) is 19.8 Å². The predicted molar refractivity (Wildman–Crippen MR) is 94.2 cm³/mol. The SMILES string of the molecule is Cc1cccc(C2CCCCN2C(=O)C2CCCC(N)C2)c1C. The zero-order valence-electron chi connectivity index (χ0n) is 14.6. The van der Waals surface area contributed by atoms with Crippen LogP contribution in [0.1, 0.15) is 67.7 Å². The number of carbonyl (C=O) groups is 1. The Morgan fingerprint density at radius 3 is 2.74 bits per heavy atom. The fourth-order valence-corrected chi connectivity index (χ4v) is 4.34. The van der Waals surface area contributed by atoms with Crippen molar-refractivity contribution in [3.8, 4) is 0 Å². The maximum Gasteiger partial charge on any atom is 0.226 e. The van der Waals surface area contributed by atoms with E-state index in [0.717, 1.165) is 45.1 Å². The van der Waals surface area contributed by atoms with E-state index in [1.807, 2.05) is 0 Å². The molecule has 0 spiro atoms. The summed E-state index contributed by atoms with van der Waals surface area (Å²) in [6, 6.07) is 6.97. The van der Waals surface area contributed by atoms with E-state index in [2.05, 4.69) is 36.9 Å². The number of carbonyl (C=O) groups excluding carboxylic acids is 1. The number of rotatable bonds is 2. The molecule has 1 aromatic rings. The van der Waals surface area contributed by atoms with Gasteiger partial charge in [-0.3, -0.25) is 4.79 Å². The van der Waals surface area contributed by atoms with Gasteiger partial charge >= 0.3 is 0 Å². The minimum Gasteiger partial charge on any atom is -0.335 e. The summed E-state index contributed by atoms with van der Waals surface area (Å²) in [7, 11) is 0. The highest BCUT2D eigenvalue weighted by Gasteiger charge is 2.34. The van der Waals surface area contributed by atoms with Crippen molar-refractivity contribution in [3.63, 3.8) is 0 Å². The molecule has 1 aliphatic heterocycles. The number of hydrogen-bond donors (Lipinski definition) is 1. The van der Waals surface area contributed by atoms with E-state index in [9.17, 15) is 4.79 Å². The molecular weight excluding hydrogens is 284 g/mol. The van der Waals surface area contributed by atoms with Gasteiger partial charge in [-0.1, -0.05) is 24.6 Å². The first kappa shape index (κ1) is 16.5. The average Bonchev–Trinajstić information content (AvgIpc) is 2.57. The molecule has 2 aliphatic rings. The molecule has 23 heavy (non-hydrogen) atoms. The molecule has 3 nitrogen and oxygen atoms in total. The Bertz CT molecular complexity index is 569. The number of nitrogens with zero attached hydrogens (tertiary/aromatic N) is 1. The molecule has 3 atom stereocenters. The van der Waals surface area contributed by atoms with Gasteiger partial charge in [0.1, 0.15) is 0 Å². The van der Waals surface area contributed by atoms with Gasteiger partial charge in [0.25, 0.3) is 0 Å². The highest BCUT2D eigenvalue weighted by Crippen LogP contribution is 2.36. The molecule has 1 heterocycles. The van der Waals surface area contributed by atoms with E-state index in [4.69, 9.17) is 5.73 Å². The van der Waals surface area contributed by atoms with Crippen molar-refractivity contribution >= 4 is 5.91 Å². The fraction of sp³-hybridized carbons (Fsp3) is 0.650. The standard InChI is InChI=1S/C20H30N2O/c1-14-7-5-10-18(15(14)2)19-11-3-4-12-22(19)20(23)16-8-6-9-17(21)13-16/h5,7,10,16-17,19H,3-4,6,8-9,11-13,21H2,1-2H3. The molecule has 1 aliphatic carbocycles. The first-order chi connectivity index (χ1) is 11.1. The molecule has 1 saturated carbocycles. The van der Waals surface area contributed by atoms with Crippen molar-refractivity contribution in [1.82, 2.24) is 4.90 Å². The monoisotopic (exact) mass is 314 g/mol. The van der Waals surface area contributed by atoms with Crippen LogP contribution in [0.3, 0.4) is 0 Å². The highest BCUT2D eigenvalue weighted by molar-refractivity contribution is 5.79. The van der Waals surface area contributed by atoms with Crippen LogP contribution in [0.4, 0.5) is 0 Å². The molecule has 0 radical (unpaired) electrons. The topological polar surface area (TPSA) is 46.3 Å². The van der Waals surface area contributed by atoms with Crippen molar-refractivity contribution in [2.75, 3.05) is 6.54 Å². The molecule has 1 aromatic carbocycles. The van der Waals surface area contributed by atoms with Crippen molar-refractivity contribution in [2.45, 2.75) is 70.9 Å². The second kappa shape index (κ2) is 7.04. The third-order valence-electron chi connectivity index (χ3n) is 5.86. The van der Waals surface area contributed by atoms with Crippen molar-refractivity contribution in [2.24, 2.45) is 11.7 Å². The van der Waals surface area contributed by atoms with E-state index >= 15 is 0 Å². The molecule has 1 saturated heterocycles. The van der Waals surface area contributed by atoms with Gasteiger partial charge in [0, 0.05) is 18.5 Å². The quantitative estimate of drug-likeness (QED) is 0.900. The normalized spacial score (nSPS) is 28.7. The van der Waals surface area contributed by atoms with Gasteiger partial charge in [0.2, 0.25) is 5.91 Å². The Labute approximate surface area is 140 Å². The molecule has 2 N–H and O–H groups in total. The number of hydrogen-bond acceptors (Lipinski definition) is 2. The van der Waals surface area contributed by atoms with Crippen LogP contribution in [-0.4, -0.2) is 23.4 Å². The van der Waals surface area contributed by atoms with Crippen molar-refractivity contribution < 1.29 is 4.79 Å². The van der Waals surface area contributed by atoms with Crippen LogP contribution >= 0.6 is 0 Å². The molecule has 0 bridgehead atoms. The molecule has 2 fully saturated rings. The largest absolute Gasteiger partial charge is 0.335 e. The lowest BCUT2D eigenvalue weighted by atomic mass is 9.83. The third kappa shape index (κ3) is 3.45. The number of piperidine rings is 1. The van der Waals surface area contributed by atoms with Crippen LogP contribution in [0.25, 0.3) is 0 Å². The minimum atomic E-state index is 0.143. The van der Waals surface area contributed by atoms with Gasteiger partial charge < -0.3 is 10.6 Å². The van der Waals surface area contributed by atoms with Crippen LogP contribution in [-0.2, 0) is 4.79 Å². The zero-order chi connectivity index (χ0) is 16.4. The highest BCUT2D eigenvalue weighted by atomic mass is 16.2. The zero-order valence-corrected chi connectivity index (χ0v) is 14.6.